The second kappa shape index (κ2) is 6.46. The summed E-state index contributed by atoms with van der Waals surface area (Å²) in [6.07, 6.45) is 1.52. The number of carbonyl (C=O) groups excluding carboxylic acids is 1. The highest BCUT2D eigenvalue weighted by Gasteiger charge is 2.33. The summed E-state index contributed by atoms with van der Waals surface area (Å²) < 4.78 is 0.331. The molecule has 1 amide bonds. The summed E-state index contributed by atoms with van der Waals surface area (Å²) in [6, 6.07) is 12.2. The predicted octanol–water partition coefficient (Wildman–Crippen LogP) is 2.86. The predicted molar refractivity (Wildman–Crippen MR) is 94.9 cm³/mol. The normalized spacial score (nSPS) is 16.0. The summed E-state index contributed by atoms with van der Waals surface area (Å²) in [5, 5.41) is 20.4. The van der Waals surface area contributed by atoms with Gasteiger partial charge >= 0.3 is 5.97 Å². The molecule has 1 aliphatic rings. The maximum Gasteiger partial charge on any atom is 0.336 e. The third-order valence-electron chi connectivity index (χ3n) is 3.37. The zero-order chi connectivity index (χ0) is 17.3. The molecular formula is C17H10NO4S2-. The Labute approximate surface area is 147 Å². The molecule has 1 aliphatic heterocycles. The Morgan fingerprint density at radius 2 is 1.83 bits per heavy atom. The lowest BCUT2D eigenvalue weighted by Crippen LogP contribution is -2.27. The lowest BCUT2D eigenvalue weighted by atomic mass is 10.1. The second-order valence-electron chi connectivity index (χ2n) is 4.90. The smallest absolute Gasteiger partial charge is 0.336 e. The van der Waals surface area contributed by atoms with Crippen molar-refractivity contribution in [1.82, 2.24) is 0 Å². The highest BCUT2D eigenvalue weighted by molar-refractivity contribution is 8.27. The number of carboxylic acids is 1. The summed E-state index contributed by atoms with van der Waals surface area (Å²) in [5.41, 5.74) is 1.05. The molecule has 0 spiro atoms. The number of nitrogens with zero attached hydrogens (tertiary/aromatic N) is 1. The van der Waals surface area contributed by atoms with Gasteiger partial charge in [-0.3, -0.25) is 9.69 Å². The van der Waals surface area contributed by atoms with Gasteiger partial charge in [0.05, 0.1) is 16.2 Å². The van der Waals surface area contributed by atoms with Crippen LogP contribution in [0.4, 0.5) is 5.69 Å². The minimum absolute atomic E-state index is 0.110. The van der Waals surface area contributed by atoms with Crippen LogP contribution in [0.5, 0.6) is 5.75 Å². The van der Waals surface area contributed by atoms with E-state index < -0.39 is 5.97 Å². The maximum atomic E-state index is 12.6. The van der Waals surface area contributed by atoms with Crippen LogP contribution in [0.1, 0.15) is 15.9 Å². The molecule has 1 N–H and O–H groups in total. The first-order valence-electron chi connectivity index (χ1n) is 6.85. The van der Waals surface area contributed by atoms with E-state index in [2.05, 4.69) is 0 Å². The van der Waals surface area contributed by atoms with Gasteiger partial charge in [0.2, 0.25) is 0 Å². The molecule has 1 heterocycles. The average molecular weight is 356 g/mol. The summed E-state index contributed by atoms with van der Waals surface area (Å²) >= 11 is 6.34. The fourth-order valence-corrected chi connectivity index (χ4v) is 3.53. The summed E-state index contributed by atoms with van der Waals surface area (Å²) in [6.45, 7) is 0. The first kappa shape index (κ1) is 16.2. The van der Waals surface area contributed by atoms with Gasteiger partial charge in [0.15, 0.2) is 4.32 Å². The van der Waals surface area contributed by atoms with Gasteiger partial charge in [0, 0.05) is 0 Å². The number of rotatable bonds is 3. The van der Waals surface area contributed by atoms with E-state index in [1.54, 1.807) is 18.2 Å². The van der Waals surface area contributed by atoms with E-state index >= 15 is 0 Å². The zero-order valence-electron chi connectivity index (χ0n) is 12.1. The molecule has 2 aromatic carbocycles. The highest BCUT2D eigenvalue weighted by Crippen LogP contribution is 2.36. The van der Waals surface area contributed by atoms with Crippen molar-refractivity contribution >= 4 is 51.9 Å². The highest BCUT2D eigenvalue weighted by atomic mass is 32.2. The number of carbonyl (C=O) groups is 2. The molecule has 7 heteroatoms. The fourth-order valence-electron chi connectivity index (χ4n) is 2.24. The average Bonchev–Trinajstić information content (AvgIpc) is 2.83. The van der Waals surface area contributed by atoms with Gasteiger partial charge in [-0.15, -0.1) is 5.75 Å². The number of hydrogen-bond acceptors (Lipinski definition) is 5. The van der Waals surface area contributed by atoms with Crippen molar-refractivity contribution in [2.45, 2.75) is 0 Å². The van der Waals surface area contributed by atoms with Crippen molar-refractivity contribution in [3.63, 3.8) is 0 Å². The Kier molecular flexibility index (Phi) is 4.37. The Bertz CT molecular complexity index is 874. The number of benzene rings is 2. The Balaban J connectivity index is 1.97. The van der Waals surface area contributed by atoms with Crippen LogP contribution >= 0.6 is 24.0 Å². The van der Waals surface area contributed by atoms with E-state index in [1.165, 1.54) is 41.3 Å². The van der Waals surface area contributed by atoms with Crippen LogP contribution in [-0.4, -0.2) is 21.3 Å². The van der Waals surface area contributed by atoms with Gasteiger partial charge in [-0.1, -0.05) is 54.3 Å². The molecule has 0 radical (unpaired) electrons. The SMILES string of the molecule is O=C(O)c1ccccc1C=C1SC(=S)N(c2ccc([O-])cc2)C1=O. The minimum atomic E-state index is -1.07. The molecule has 1 fully saturated rings. The molecule has 0 aliphatic carbocycles. The van der Waals surface area contributed by atoms with Crippen LogP contribution in [-0.2, 0) is 4.79 Å². The van der Waals surface area contributed by atoms with Crippen LogP contribution in [0.25, 0.3) is 6.08 Å². The monoisotopic (exact) mass is 356 g/mol. The first-order chi connectivity index (χ1) is 11.5. The van der Waals surface area contributed by atoms with Gasteiger partial charge in [-0.05, 0) is 29.8 Å². The molecule has 0 saturated carbocycles. The van der Waals surface area contributed by atoms with E-state index in [0.717, 1.165) is 11.8 Å². The van der Waals surface area contributed by atoms with Crippen LogP contribution in [0.15, 0.2) is 53.4 Å². The summed E-state index contributed by atoms with van der Waals surface area (Å²) in [7, 11) is 0. The Morgan fingerprint density at radius 3 is 2.50 bits per heavy atom. The Morgan fingerprint density at radius 1 is 1.17 bits per heavy atom. The number of thioether (sulfide) groups is 1. The summed E-state index contributed by atoms with van der Waals surface area (Å²) in [4.78, 5) is 25.5. The van der Waals surface area contributed by atoms with Crippen molar-refractivity contribution in [2.75, 3.05) is 4.90 Å². The van der Waals surface area contributed by atoms with Gasteiger partial charge in [-0.2, -0.15) is 0 Å². The largest absolute Gasteiger partial charge is 0.872 e. The minimum Gasteiger partial charge on any atom is -0.872 e. The second-order valence-corrected chi connectivity index (χ2v) is 6.58. The third kappa shape index (κ3) is 3.04. The molecule has 0 bridgehead atoms. The molecule has 120 valence electrons. The molecule has 0 aromatic heterocycles. The molecule has 1 saturated heterocycles. The van der Waals surface area contributed by atoms with Crippen LogP contribution in [0.2, 0.25) is 0 Å². The number of aromatic carboxylic acids is 1. The number of anilines is 1. The molecule has 2 aromatic rings. The lowest BCUT2D eigenvalue weighted by molar-refractivity contribution is -0.268. The number of hydrogen-bond donors (Lipinski definition) is 1. The quantitative estimate of drug-likeness (QED) is 0.673. The number of carboxylic acid groups (broad SMARTS) is 1. The van der Waals surface area contributed by atoms with Crippen LogP contribution in [0, 0.1) is 0 Å². The van der Waals surface area contributed by atoms with E-state index in [4.69, 9.17) is 12.2 Å². The Hall–Kier alpha value is -2.64. The molecule has 5 nitrogen and oxygen atoms in total. The number of thiocarbonyl (C=S) groups is 1. The van der Waals surface area contributed by atoms with Crippen molar-refractivity contribution in [3.05, 3.63) is 64.6 Å². The molecular weight excluding hydrogens is 346 g/mol. The van der Waals surface area contributed by atoms with E-state index in [-0.39, 0.29) is 17.2 Å². The van der Waals surface area contributed by atoms with Gasteiger partial charge in [0.1, 0.15) is 0 Å². The van der Waals surface area contributed by atoms with Crippen molar-refractivity contribution in [3.8, 4) is 5.75 Å². The van der Waals surface area contributed by atoms with Crippen molar-refractivity contribution in [1.29, 1.82) is 0 Å². The fraction of sp³-hybridized carbons (Fsp3) is 0. The van der Waals surface area contributed by atoms with Crippen LogP contribution in [0.3, 0.4) is 0 Å². The van der Waals surface area contributed by atoms with E-state index in [0.29, 0.717) is 20.5 Å². The van der Waals surface area contributed by atoms with E-state index in [1.807, 2.05) is 0 Å². The molecule has 0 unspecified atom stereocenters. The third-order valence-corrected chi connectivity index (χ3v) is 4.67. The first-order valence-corrected chi connectivity index (χ1v) is 8.07. The molecule has 0 atom stereocenters. The van der Waals surface area contributed by atoms with Gasteiger partial charge in [-0.25, -0.2) is 4.79 Å². The van der Waals surface area contributed by atoms with Gasteiger partial charge in [0.25, 0.3) is 5.91 Å². The van der Waals surface area contributed by atoms with Crippen LogP contribution < -0.4 is 10.0 Å². The van der Waals surface area contributed by atoms with E-state index in [9.17, 15) is 19.8 Å². The molecule has 3 rings (SSSR count). The topological polar surface area (TPSA) is 80.7 Å². The van der Waals surface area contributed by atoms with Crippen molar-refractivity contribution in [2.24, 2.45) is 0 Å². The summed E-state index contributed by atoms with van der Waals surface area (Å²) in [5.74, 6) is -1.57. The van der Waals surface area contributed by atoms with Gasteiger partial charge < -0.3 is 10.2 Å². The molecule has 24 heavy (non-hydrogen) atoms. The lowest BCUT2D eigenvalue weighted by Gasteiger charge is -2.15. The zero-order valence-corrected chi connectivity index (χ0v) is 13.8. The standard InChI is InChI=1S/C17H11NO4S2/c19-12-7-5-11(6-8-12)18-15(20)14(24-17(18)23)9-10-3-1-2-4-13(10)16(21)22/h1-9,19H,(H,21,22)/p-1. The maximum absolute atomic E-state index is 12.6. The number of amides is 1. The van der Waals surface area contributed by atoms with Crippen molar-refractivity contribution < 1.29 is 19.8 Å².